The summed E-state index contributed by atoms with van der Waals surface area (Å²) in [5.74, 6) is -2.16. The average molecular weight is 556 g/mol. The first-order valence-corrected chi connectivity index (χ1v) is 12.8. The van der Waals surface area contributed by atoms with Gasteiger partial charge in [0, 0.05) is 19.0 Å². The number of alkyl halides is 1. The summed E-state index contributed by atoms with van der Waals surface area (Å²) in [7, 11) is 0. The van der Waals surface area contributed by atoms with E-state index < -0.39 is 28.8 Å². The molecular formula is C29H25ClF3N3O3. The van der Waals surface area contributed by atoms with E-state index in [0.29, 0.717) is 30.0 Å². The summed E-state index contributed by atoms with van der Waals surface area (Å²) in [6.07, 6.45) is 5.63. The molecule has 2 aliphatic heterocycles. The number of allylic oxidation sites excluding steroid dienone is 1. The Bertz CT molecular complexity index is 1460. The second-order valence-corrected chi connectivity index (χ2v) is 10.5. The van der Waals surface area contributed by atoms with Crippen molar-refractivity contribution in [3.05, 3.63) is 82.0 Å². The van der Waals surface area contributed by atoms with Crippen LogP contribution >= 0.6 is 11.6 Å². The van der Waals surface area contributed by atoms with Crippen LogP contribution in [0.15, 0.2) is 48.7 Å². The number of aromatic nitrogens is 1. The Morgan fingerprint density at radius 1 is 1.18 bits per heavy atom. The predicted octanol–water partition coefficient (Wildman–Crippen LogP) is 5.81. The van der Waals surface area contributed by atoms with Gasteiger partial charge >= 0.3 is 0 Å². The normalized spacial score (nSPS) is 17.6. The molecule has 2 aliphatic rings. The van der Waals surface area contributed by atoms with E-state index >= 15 is 0 Å². The summed E-state index contributed by atoms with van der Waals surface area (Å²) >= 11 is 6.44. The van der Waals surface area contributed by atoms with E-state index in [9.17, 15) is 22.8 Å². The molecular weight excluding hydrogens is 531 g/mol. The molecule has 2 aromatic carbocycles. The zero-order valence-corrected chi connectivity index (χ0v) is 21.8. The molecule has 0 bridgehead atoms. The lowest BCUT2D eigenvalue weighted by atomic mass is 9.95. The number of nitrogens with two attached hydrogens (primary N) is 1. The van der Waals surface area contributed by atoms with E-state index in [1.807, 2.05) is 0 Å². The van der Waals surface area contributed by atoms with E-state index in [-0.39, 0.29) is 42.0 Å². The monoisotopic (exact) mass is 555 g/mol. The first-order valence-electron chi connectivity index (χ1n) is 12.4. The third kappa shape index (κ3) is 5.78. The summed E-state index contributed by atoms with van der Waals surface area (Å²) < 4.78 is 49.5. The van der Waals surface area contributed by atoms with Gasteiger partial charge in [0.1, 0.15) is 40.5 Å². The number of halogens is 4. The molecule has 0 spiro atoms. The number of hydrogen-bond donors (Lipinski definition) is 1. The number of carbonyl (C=O) groups excluding carboxylic acids is 2. The highest BCUT2D eigenvalue weighted by Crippen LogP contribution is 2.41. The second-order valence-electron chi connectivity index (χ2n) is 10.1. The number of hydrogen-bond acceptors (Lipinski definition) is 5. The van der Waals surface area contributed by atoms with E-state index in [0.717, 1.165) is 28.2 Å². The number of nitrogen functional groups attached to an aromatic ring is 1. The Kier molecular flexibility index (Phi) is 7.11. The van der Waals surface area contributed by atoms with E-state index in [2.05, 4.69) is 4.98 Å². The molecule has 1 unspecified atom stereocenters. The lowest BCUT2D eigenvalue weighted by Crippen LogP contribution is -2.59. The Morgan fingerprint density at radius 2 is 1.87 bits per heavy atom. The van der Waals surface area contributed by atoms with Gasteiger partial charge in [-0.25, -0.2) is 18.2 Å². The van der Waals surface area contributed by atoms with Crippen LogP contribution in [0.25, 0.3) is 17.2 Å². The zero-order valence-electron chi connectivity index (χ0n) is 21.0. The van der Waals surface area contributed by atoms with Gasteiger partial charge < -0.3 is 15.4 Å². The largest absolute Gasteiger partial charge is 0.488 e. The topological polar surface area (TPSA) is 85.5 Å². The van der Waals surface area contributed by atoms with Crippen LogP contribution in [0.3, 0.4) is 0 Å². The third-order valence-electron chi connectivity index (χ3n) is 6.75. The maximum absolute atomic E-state index is 14.9. The van der Waals surface area contributed by atoms with Crippen LogP contribution in [0.1, 0.15) is 41.3 Å². The first-order chi connectivity index (χ1) is 18.5. The molecule has 0 saturated carbocycles. The lowest BCUT2D eigenvalue weighted by Gasteiger charge is -2.42. The Labute approximate surface area is 228 Å². The van der Waals surface area contributed by atoms with E-state index in [4.69, 9.17) is 22.1 Å². The first kappa shape index (κ1) is 26.7. The van der Waals surface area contributed by atoms with Crippen molar-refractivity contribution in [3.63, 3.8) is 0 Å². The molecule has 0 aliphatic carbocycles. The van der Waals surface area contributed by atoms with Crippen LogP contribution in [-0.2, 0) is 11.2 Å². The highest BCUT2D eigenvalue weighted by atomic mass is 35.5. The minimum Gasteiger partial charge on any atom is -0.488 e. The number of rotatable bonds is 7. The molecule has 39 heavy (non-hydrogen) atoms. The molecule has 0 radical (unpaired) electrons. The Morgan fingerprint density at radius 3 is 2.51 bits per heavy atom. The Hall–Kier alpha value is -3.85. The molecule has 2 N–H and O–H groups in total. The number of nitrogens with zero attached hydrogens (tertiary/aromatic N) is 2. The van der Waals surface area contributed by atoms with Crippen molar-refractivity contribution in [2.75, 3.05) is 18.8 Å². The highest BCUT2D eigenvalue weighted by Gasteiger charge is 2.43. The molecule has 1 aromatic heterocycles. The number of pyridine rings is 1. The quantitative estimate of drug-likeness (QED) is 0.372. The number of ketones is 1. The average Bonchev–Trinajstić information content (AvgIpc) is 3.29. The van der Waals surface area contributed by atoms with Crippen molar-refractivity contribution >= 4 is 35.2 Å². The maximum Gasteiger partial charge on any atom is 0.260 e. The number of anilines is 1. The number of amides is 1. The lowest BCUT2D eigenvalue weighted by molar-refractivity contribution is -0.115. The van der Waals surface area contributed by atoms with Gasteiger partial charge in [-0.15, -0.1) is 0 Å². The molecule has 5 rings (SSSR count). The fourth-order valence-corrected chi connectivity index (χ4v) is 5.09. The Balaban J connectivity index is 1.25. The molecule has 3 aromatic rings. The van der Waals surface area contributed by atoms with Crippen LogP contribution in [0.4, 0.5) is 19.0 Å². The minimum absolute atomic E-state index is 0.0758. The summed E-state index contributed by atoms with van der Waals surface area (Å²) in [5, 5.41) is 0.274. The number of fused-ring (bicyclic) bond motifs is 1. The van der Waals surface area contributed by atoms with Crippen LogP contribution in [0.2, 0.25) is 5.02 Å². The van der Waals surface area contributed by atoms with Crippen molar-refractivity contribution in [2.24, 2.45) is 0 Å². The van der Waals surface area contributed by atoms with Crippen LogP contribution in [0.5, 0.6) is 5.75 Å². The number of likely N-dealkylation sites (tertiary alicyclic amines) is 1. The van der Waals surface area contributed by atoms with Crippen LogP contribution in [-0.4, -0.2) is 46.4 Å². The van der Waals surface area contributed by atoms with Crippen molar-refractivity contribution in [1.82, 2.24) is 9.88 Å². The molecule has 202 valence electrons. The van der Waals surface area contributed by atoms with Crippen molar-refractivity contribution in [3.8, 4) is 16.9 Å². The van der Waals surface area contributed by atoms with Gasteiger partial charge in [-0.2, -0.15) is 0 Å². The number of ether oxygens (including phenoxy) is 1. The van der Waals surface area contributed by atoms with Gasteiger partial charge in [0.05, 0.1) is 18.1 Å². The fraction of sp³-hybridized carbons (Fsp3) is 0.276. The summed E-state index contributed by atoms with van der Waals surface area (Å²) in [4.78, 5) is 29.9. The van der Waals surface area contributed by atoms with Gasteiger partial charge in [-0.05, 0) is 84.1 Å². The van der Waals surface area contributed by atoms with Crippen LogP contribution in [0, 0.1) is 11.6 Å². The smallest absolute Gasteiger partial charge is 0.260 e. The SMILES string of the molecule is CC1(F)CN(C(=O)c2c(F)cc(-c3cc(Cl)c4c(c3)CC(CCC(=O)/C=C/c3ccc(N)nc3)O4)cc2F)C1. The maximum atomic E-state index is 14.9. The van der Waals surface area contributed by atoms with Gasteiger partial charge in [0.15, 0.2) is 5.78 Å². The molecule has 1 amide bonds. The predicted molar refractivity (Wildman–Crippen MR) is 142 cm³/mol. The van der Waals surface area contributed by atoms with Gasteiger partial charge in [0.2, 0.25) is 0 Å². The van der Waals surface area contributed by atoms with E-state index in [1.165, 1.54) is 19.1 Å². The molecule has 3 heterocycles. The molecule has 10 heteroatoms. The zero-order chi connectivity index (χ0) is 27.9. The minimum atomic E-state index is -1.55. The van der Waals surface area contributed by atoms with E-state index in [1.54, 1.807) is 30.5 Å². The van der Waals surface area contributed by atoms with Crippen molar-refractivity contribution < 1.29 is 27.5 Å². The molecule has 1 fully saturated rings. The number of benzene rings is 2. The summed E-state index contributed by atoms with van der Waals surface area (Å²) in [6.45, 7) is 0.903. The van der Waals surface area contributed by atoms with Gasteiger partial charge in [-0.1, -0.05) is 11.6 Å². The second kappa shape index (κ2) is 10.4. The van der Waals surface area contributed by atoms with Crippen molar-refractivity contribution in [1.29, 1.82) is 0 Å². The molecule has 1 saturated heterocycles. The number of carbonyl (C=O) groups is 2. The van der Waals surface area contributed by atoms with Crippen molar-refractivity contribution in [2.45, 2.75) is 38.0 Å². The standard InChI is InChI=1S/C29H25ClF3N3O3/c1-29(33)14-36(15-29)28(38)26-23(31)11-18(12-24(26)32)17-8-19-9-21(39-27(19)22(30)10-17)6-5-20(37)4-2-16-3-7-25(34)35-13-16/h2-4,7-8,10-13,21H,5-6,9,14-15H2,1H3,(H2,34,35)/b4-2+. The summed E-state index contributed by atoms with van der Waals surface area (Å²) in [5.41, 5.74) is 5.46. The fourth-order valence-electron chi connectivity index (χ4n) is 4.80. The van der Waals surface area contributed by atoms with Gasteiger partial charge in [-0.3, -0.25) is 9.59 Å². The highest BCUT2D eigenvalue weighted by molar-refractivity contribution is 6.32. The molecule has 6 nitrogen and oxygen atoms in total. The summed E-state index contributed by atoms with van der Waals surface area (Å²) in [6, 6.07) is 8.82. The third-order valence-corrected chi connectivity index (χ3v) is 7.03. The van der Waals surface area contributed by atoms with Gasteiger partial charge in [0.25, 0.3) is 5.91 Å². The van der Waals surface area contributed by atoms with Crippen LogP contribution < -0.4 is 10.5 Å². The molecule has 1 atom stereocenters.